The van der Waals surface area contributed by atoms with Crippen molar-refractivity contribution in [1.29, 1.82) is 0 Å². The minimum absolute atomic E-state index is 0.164. The second-order valence-corrected chi connectivity index (χ2v) is 7.95. The molecule has 0 radical (unpaired) electrons. The molecular weight excluding hydrogens is 465 g/mol. The maximum absolute atomic E-state index is 13.5. The zero-order valence-electron chi connectivity index (χ0n) is 17.7. The van der Waals surface area contributed by atoms with Crippen LogP contribution in [0, 0.1) is 16.0 Å². The number of hydrogen-bond acceptors (Lipinski definition) is 6. The number of benzene rings is 3. The number of para-hydroxylation sites is 1. The summed E-state index contributed by atoms with van der Waals surface area (Å²) >= 11 is 0. The molecule has 2 heterocycles. The van der Waals surface area contributed by atoms with Gasteiger partial charge in [0.05, 0.1) is 27.6 Å². The van der Waals surface area contributed by atoms with Gasteiger partial charge >= 0.3 is 6.18 Å². The summed E-state index contributed by atoms with van der Waals surface area (Å²) in [5.74, 6) is -2.56. The fourth-order valence-corrected chi connectivity index (χ4v) is 4.28. The highest BCUT2D eigenvalue weighted by Gasteiger charge is 2.57. The molecule has 0 N–H and O–H groups in total. The topological polar surface area (TPSA) is 96.1 Å². The Kier molecular flexibility index (Phi) is 5.12. The van der Waals surface area contributed by atoms with Gasteiger partial charge in [0.2, 0.25) is 5.91 Å². The van der Waals surface area contributed by atoms with Crippen LogP contribution >= 0.6 is 0 Å². The molecule has 1 fully saturated rings. The van der Waals surface area contributed by atoms with Gasteiger partial charge in [-0.2, -0.15) is 18.3 Å². The maximum atomic E-state index is 13.5. The predicted molar refractivity (Wildman–Crippen MR) is 120 cm³/mol. The summed E-state index contributed by atoms with van der Waals surface area (Å²) in [6, 6.07) is 16.8. The third-order valence-electron chi connectivity index (χ3n) is 5.88. The molecule has 0 spiro atoms. The Hall–Kier alpha value is -4.54. The number of nitro groups is 1. The molecule has 2 aliphatic rings. The number of anilines is 2. The van der Waals surface area contributed by atoms with E-state index in [1.807, 2.05) is 0 Å². The largest absolute Gasteiger partial charge is 0.416 e. The minimum Gasteiger partial charge on any atom is -0.273 e. The Balaban J connectivity index is 1.60. The van der Waals surface area contributed by atoms with Crippen molar-refractivity contribution in [2.24, 2.45) is 11.0 Å². The van der Waals surface area contributed by atoms with E-state index in [-0.39, 0.29) is 17.1 Å². The summed E-state index contributed by atoms with van der Waals surface area (Å²) in [5.41, 5.74) is -0.260. The van der Waals surface area contributed by atoms with Crippen LogP contribution in [0.4, 0.5) is 30.2 Å². The van der Waals surface area contributed by atoms with E-state index in [1.54, 1.807) is 30.3 Å². The maximum Gasteiger partial charge on any atom is 0.416 e. The van der Waals surface area contributed by atoms with Crippen molar-refractivity contribution in [3.8, 4) is 0 Å². The summed E-state index contributed by atoms with van der Waals surface area (Å²) in [5, 5.41) is 16.9. The van der Waals surface area contributed by atoms with Crippen LogP contribution in [0.2, 0.25) is 0 Å². The van der Waals surface area contributed by atoms with Crippen molar-refractivity contribution in [2.45, 2.75) is 12.2 Å². The standard InChI is InChI=1S/C24H15F3N4O4/c25-24(26,27)15-5-4-8-18(13-15)29-22(32)19-20(14-9-11-17(12-10-14)31(34)35)28-30(21(19)23(29)33)16-6-2-1-3-7-16/h1-13,19,21H/t19-,21-/m1/s1. The molecule has 35 heavy (non-hydrogen) atoms. The van der Waals surface area contributed by atoms with Gasteiger partial charge in [-0.3, -0.25) is 24.7 Å². The number of halogens is 3. The number of nitro benzene ring substituents is 1. The van der Waals surface area contributed by atoms with Gasteiger partial charge in [0.1, 0.15) is 12.0 Å². The van der Waals surface area contributed by atoms with Gasteiger partial charge in [-0.25, -0.2) is 4.90 Å². The third kappa shape index (κ3) is 3.70. The van der Waals surface area contributed by atoms with E-state index in [0.717, 1.165) is 23.1 Å². The van der Waals surface area contributed by atoms with Gasteiger partial charge < -0.3 is 0 Å². The average molecular weight is 480 g/mol. The minimum atomic E-state index is -4.65. The van der Waals surface area contributed by atoms with E-state index >= 15 is 0 Å². The molecule has 3 aromatic carbocycles. The first kappa shape index (κ1) is 22.3. The molecule has 5 rings (SSSR count). The molecule has 2 amide bonds. The molecule has 2 aliphatic heterocycles. The fourth-order valence-electron chi connectivity index (χ4n) is 4.28. The summed E-state index contributed by atoms with van der Waals surface area (Å²) in [6.45, 7) is 0. The van der Waals surface area contributed by atoms with Gasteiger partial charge in [-0.15, -0.1) is 0 Å². The van der Waals surface area contributed by atoms with Gasteiger partial charge in [0.25, 0.3) is 11.6 Å². The highest BCUT2D eigenvalue weighted by Crippen LogP contribution is 2.40. The number of hydrogen-bond donors (Lipinski definition) is 0. The Morgan fingerprint density at radius 1 is 0.857 bits per heavy atom. The molecule has 0 aliphatic carbocycles. The Bertz CT molecular complexity index is 1370. The fraction of sp³-hybridized carbons (Fsp3) is 0.125. The van der Waals surface area contributed by atoms with E-state index in [4.69, 9.17) is 0 Å². The Labute approximate surface area is 196 Å². The van der Waals surface area contributed by atoms with E-state index in [9.17, 15) is 32.9 Å². The van der Waals surface area contributed by atoms with Crippen LogP contribution < -0.4 is 9.91 Å². The molecule has 1 saturated heterocycles. The number of amides is 2. The van der Waals surface area contributed by atoms with Crippen molar-refractivity contribution < 1.29 is 27.7 Å². The van der Waals surface area contributed by atoms with Gasteiger partial charge in [-0.1, -0.05) is 24.3 Å². The number of imide groups is 1. The molecule has 2 atom stereocenters. The zero-order valence-corrected chi connectivity index (χ0v) is 17.7. The van der Waals surface area contributed by atoms with Crippen LogP contribution in [0.1, 0.15) is 11.1 Å². The van der Waals surface area contributed by atoms with E-state index in [2.05, 4.69) is 5.10 Å². The second kappa shape index (κ2) is 8.05. The molecule has 0 unspecified atom stereocenters. The number of carbonyl (C=O) groups excluding carboxylic acids is 2. The van der Waals surface area contributed by atoms with E-state index < -0.39 is 40.4 Å². The lowest BCUT2D eigenvalue weighted by Gasteiger charge is -2.22. The second-order valence-electron chi connectivity index (χ2n) is 7.95. The Morgan fingerprint density at radius 2 is 1.51 bits per heavy atom. The number of rotatable bonds is 4. The number of hydrazone groups is 1. The van der Waals surface area contributed by atoms with Crippen LogP contribution in [0.3, 0.4) is 0 Å². The van der Waals surface area contributed by atoms with Crippen molar-refractivity contribution >= 4 is 34.6 Å². The van der Waals surface area contributed by atoms with Gasteiger partial charge in [0.15, 0.2) is 0 Å². The summed E-state index contributed by atoms with van der Waals surface area (Å²) < 4.78 is 39.8. The number of carbonyl (C=O) groups is 2. The molecule has 0 aromatic heterocycles. The van der Waals surface area contributed by atoms with Crippen molar-refractivity contribution in [2.75, 3.05) is 9.91 Å². The number of alkyl halides is 3. The first-order valence-electron chi connectivity index (χ1n) is 10.4. The summed E-state index contributed by atoms with van der Waals surface area (Å²) in [7, 11) is 0. The van der Waals surface area contributed by atoms with E-state index in [1.165, 1.54) is 35.3 Å². The van der Waals surface area contributed by atoms with Crippen molar-refractivity contribution in [1.82, 2.24) is 0 Å². The average Bonchev–Trinajstić information content (AvgIpc) is 3.36. The Morgan fingerprint density at radius 3 is 2.14 bits per heavy atom. The van der Waals surface area contributed by atoms with Crippen LogP contribution in [-0.2, 0) is 15.8 Å². The van der Waals surface area contributed by atoms with Crippen LogP contribution in [-0.4, -0.2) is 28.5 Å². The highest BCUT2D eigenvalue weighted by atomic mass is 19.4. The zero-order chi connectivity index (χ0) is 24.9. The first-order valence-corrected chi connectivity index (χ1v) is 10.4. The number of fused-ring (bicyclic) bond motifs is 1. The molecule has 8 nitrogen and oxygen atoms in total. The lowest BCUT2D eigenvalue weighted by Crippen LogP contribution is -2.39. The number of non-ortho nitro benzene ring substituents is 1. The molecule has 176 valence electrons. The predicted octanol–water partition coefficient (Wildman–Crippen LogP) is 4.40. The lowest BCUT2D eigenvalue weighted by molar-refractivity contribution is -0.384. The molecule has 0 saturated carbocycles. The lowest BCUT2D eigenvalue weighted by atomic mass is 9.92. The van der Waals surface area contributed by atoms with Crippen molar-refractivity contribution in [3.05, 3.63) is 100 Å². The normalized spacial score (nSPS) is 19.7. The smallest absolute Gasteiger partial charge is 0.273 e. The van der Waals surface area contributed by atoms with E-state index in [0.29, 0.717) is 11.3 Å². The quantitative estimate of drug-likeness (QED) is 0.313. The monoisotopic (exact) mass is 480 g/mol. The SMILES string of the molecule is O=C1[C@@H]2C(c3ccc([N+](=O)[O-])cc3)=NN(c3ccccc3)[C@H]2C(=O)N1c1cccc(C(F)(F)F)c1. The highest BCUT2D eigenvalue weighted by molar-refractivity contribution is 6.34. The summed E-state index contributed by atoms with van der Waals surface area (Å²) in [6.07, 6.45) is -4.65. The number of nitrogens with zero attached hydrogens (tertiary/aromatic N) is 4. The van der Waals surface area contributed by atoms with Crippen molar-refractivity contribution in [3.63, 3.8) is 0 Å². The van der Waals surface area contributed by atoms with Crippen LogP contribution in [0.25, 0.3) is 0 Å². The first-order chi connectivity index (χ1) is 16.7. The molecule has 11 heteroatoms. The van der Waals surface area contributed by atoms with Crippen LogP contribution in [0.15, 0.2) is 84.0 Å². The van der Waals surface area contributed by atoms with Gasteiger partial charge in [0, 0.05) is 12.1 Å². The molecule has 3 aromatic rings. The summed E-state index contributed by atoms with van der Waals surface area (Å²) in [4.78, 5) is 38.2. The molecular formula is C24H15F3N4O4. The third-order valence-corrected chi connectivity index (χ3v) is 5.88. The molecule has 0 bridgehead atoms. The van der Waals surface area contributed by atoms with Crippen LogP contribution in [0.5, 0.6) is 0 Å². The van der Waals surface area contributed by atoms with Gasteiger partial charge in [-0.05, 0) is 48.0 Å².